The number of likely N-dealkylation sites (tertiary alicyclic amines) is 1. The summed E-state index contributed by atoms with van der Waals surface area (Å²) in [4.78, 5) is 28.2. The summed E-state index contributed by atoms with van der Waals surface area (Å²) in [5, 5.41) is 17.8. The Bertz CT molecular complexity index is 455. The van der Waals surface area contributed by atoms with E-state index in [1.807, 2.05) is 0 Å². The van der Waals surface area contributed by atoms with Crippen molar-refractivity contribution in [2.75, 3.05) is 19.7 Å². The number of aliphatic hydroxyl groups is 1. The Morgan fingerprint density at radius 1 is 1.47 bits per heavy atom. The number of carbonyl (C=O) groups excluding carboxylic acids is 1. The van der Waals surface area contributed by atoms with Gasteiger partial charge in [-0.1, -0.05) is 0 Å². The number of hydrogen-bond donors (Lipinski definition) is 2. The molecule has 1 aromatic rings. The first kappa shape index (κ1) is 11.5. The molecule has 2 heterocycles. The number of aromatic carboxylic acids is 1. The highest BCUT2D eigenvalue weighted by molar-refractivity contribution is 6.03. The van der Waals surface area contributed by atoms with Crippen molar-refractivity contribution in [2.45, 2.75) is 0 Å². The van der Waals surface area contributed by atoms with Gasteiger partial charge in [-0.2, -0.15) is 0 Å². The third kappa shape index (κ3) is 2.12. The summed E-state index contributed by atoms with van der Waals surface area (Å²) in [5.74, 6) is -1.47. The fourth-order valence-electron chi connectivity index (χ4n) is 1.75. The predicted octanol–water partition coefficient (Wildman–Crippen LogP) is -0.156. The van der Waals surface area contributed by atoms with Crippen LogP contribution in [0.5, 0.6) is 0 Å². The number of aliphatic hydroxyl groups excluding tert-OH is 1. The van der Waals surface area contributed by atoms with Gasteiger partial charge >= 0.3 is 5.97 Å². The van der Waals surface area contributed by atoms with Crippen molar-refractivity contribution in [3.05, 3.63) is 29.6 Å². The van der Waals surface area contributed by atoms with E-state index in [4.69, 9.17) is 10.2 Å². The van der Waals surface area contributed by atoms with Gasteiger partial charge in [-0.15, -0.1) is 0 Å². The standard InChI is InChI=1S/C11H12N2O4/c14-6-7-4-13(5-7)10(15)9-8(11(16)17)2-1-3-12-9/h1-3,7,14H,4-6H2,(H,16,17). The first-order chi connectivity index (χ1) is 8.13. The summed E-state index contributed by atoms with van der Waals surface area (Å²) in [6.07, 6.45) is 1.39. The lowest BCUT2D eigenvalue weighted by Gasteiger charge is -2.38. The van der Waals surface area contributed by atoms with Crippen LogP contribution in [0, 0.1) is 5.92 Å². The molecule has 2 rings (SSSR count). The summed E-state index contributed by atoms with van der Waals surface area (Å²) >= 11 is 0. The molecule has 0 atom stereocenters. The maximum absolute atomic E-state index is 11.9. The Balaban J connectivity index is 2.18. The van der Waals surface area contributed by atoms with Crippen LogP contribution in [-0.4, -0.2) is 51.7 Å². The molecule has 1 amide bonds. The number of carbonyl (C=O) groups is 2. The van der Waals surface area contributed by atoms with Gasteiger partial charge in [0.25, 0.3) is 5.91 Å². The lowest BCUT2D eigenvalue weighted by atomic mass is 10.00. The molecule has 2 N–H and O–H groups in total. The van der Waals surface area contributed by atoms with Crippen molar-refractivity contribution < 1.29 is 19.8 Å². The molecule has 0 spiro atoms. The van der Waals surface area contributed by atoms with E-state index in [2.05, 4.69) is 4.98 Å². The van der Waals surface area contributed by atoms with Gasteiger partial charge in [0.1, 0.15) is 5.69 Å². The van der Waals surface area contributed by atoms with Gasteiger partial charge < -0.3 is 15.1 Å². The quantitative estimate of drug-likeness (QED) is 0.761. The molecule has 1 aliphatic rings. The number of carboxylic acids is 1. The molecule has 17 heavy (non-hydrogen) atoms. The summed E-state index contributed by atoms with van der Waals surface area (Å²) in [6, 6.07) is 2.83. The topological polar surface area (TPSA) is 90.7 Å². The second kappa shape index (κ2) is 4.50. The number of pyridine rings is 1. The lowest BCUT2D eigenvalue weighted by molar-refractivity contribution is 0.0351. The number of rotatable bonds is 3. The van der Waals surface area contributed by atoms with Crippen LogP contribution >= 0.6 is 0 Å². The lowest BCUT2D eigenvalue weighted by Crippen LogP contribution is -2.51. The average molecular weight is 236 g/mol. The molecule has 0 aromatic carbocycles. The smallest absolute Gasteiger partial charge is 0.338 e. The molecule has 0 bridgehead atoms. The molecular weight excluding hydrogens is 224 g/mol. The highest BCUT2D eigenvalue weighted by Crippen LogP contribution is 2.18. The molecule has 1 aromatic heterocycles. The third-order valence-corrected chi connectivity index (χ3v) is 2.74. The average Bonchev–Trinajstić information content (AvgIpc) is 2.27. The van der Waals surface area contributed by atoms with E-state index >= 15 is 0 Å². The molecular formula is C11H12N2O4. The second-order valence-corrected chi connectivity index (χ2v) is 3.96. The normalized spacial score (nSPS) is 15.5. The van der Waals surface area contributed by atoms with E-state index in [0.717, 1.165) is 0 Å². The van der Waals surface area contributed by atoms with Crippen LogP contribution in [0.3, 0.4) is 0 Å². The predicted molar refractivity (Wildman–Crippen MR) is 57.7 cm³/mol. The van der Waals surface area contributed by atoms with E-state index in [9.17, 15) is 9.59 Å². The van der Waals surface area contributed by atoms with Gasteiger partial charge in [0.2, 0.25) is 0 Å². The zero-order valence-electron chi connectivity index (χ0n) is 9.04. The van der Waals surface area contributed by atoms with Crippen molar-refractivity contribution in [1.29, 1.82) is 0 Å². The van der Waals surface area contributed by atoms with Crippen molar-refractivity contribution in [1.82, 2.24) is 9.88 Å². The van der Waals surface area contributed by atoms with Crippen LogP contribution in [0.2, 0.25) is 0 Å². The van der Waals surface area contributed by atoms with Crippen LogP contribution < -0.4 is 0 Å². The van der Waals surface area contributed by atoms with Crippen LogP contribution in [-0.2, 0) is 0 Å². The molecule has 0 radical (unpaired) electrons. The number of carboxylic acid groups (broad SMARTS) is 1. The van der Waals surface area contributed by atoms with Gasteiger partial charge in [0.15, 0.2) is 0 Å². The monoisotopic (exact) mass is 236 g/mol. The Hall–Kier alpha value is -1.95. The highest BCUT2D eigenvalue weighted by Gasteiger charge is 2.32. The second-order valence-electron chi connectivity index (χ2n) is 3.96. The van der Waals surface area contributed by atoms with Gasteiger partial charge in [-0.3, -0.25) is 9.78 Å². The van der Waals surface area contributed by atoms with Gasteiger partial charge in [-0.25, -0.2) is 4.79 Å². The van der Waals surface area contributed by atoms with Crippen molar-refractivity contribution in [3.8, 4) is 0 Å². The SMILES string of the molecule is O=C(O)c1cccnc1C(=O)N1CC(CO)C1. The zero-order chi connectivity index (χ0) is 12.4. The van der Waals surface area contributed by atoms with Gasteiger partial charge in [0.05, 0.1) is 5.56 Å². The number of hydrogen-bond acceptors (Lipinski definition) is 4. The Morgan fingerprint density at radius 3 is 2.76 bits per heavy atom. The maximum atomic E-state index is 11.9. The number of aromatic nitrogens is 1. The van der Waals surface area contributed by atoms with Crippen LogP contribution in [0.4, 0.5) is 0 Å². The molecule has 1 saturated heterocycles. The summed E-state index contributed by atoms with van der Waals surface area (Å²) in [6.45, 7) is 0.938. The van der Waals surface area contributed by atoms with Crippen molar-refractivity contribution >= 4 is 11.9 Å². The minimum Gasteiger partial charge on any atom is -0.478 e. The molecule has 6 heteroatoms. The van der Waals surface area contributed by atoms with Crippen LogP contribution in [0.1, 0.15) is 20.8 Å². The van der Waals surface area contributed by atoms with E-state index in [-0.39, 0.29) is 23.8 Å². The van der Waals surface area contributed by atoms with Crippen molar-refractivity contribution in [2.24, 2.45) is 5.92 Å². The Kier molecular flexibility index (Phi) is 3.06. The minimum atomic E-state index is -1.17. The highest BCUT2D eigenvalue weighted by atomic mass is 16.4. The van der Waals surface area contributed by atoms with E-state index in [1.54, 1.807) is 0 Å². The first-order valence-corrected chi connectivity index (χ1v) is 5.22. The summed E-state index contributed by atoms with van der Waals surface area (Å²) < 4.78 is 0. The maximum Gasteiger partial charge on any atom is 0.338 e. The van der Waals surface area contributed by atoms with Gasteiger partial charge in [0, 0.05) is 31.8 Å². The van der Waals surface area contributed by atoms with Crippen molar-refractivity contribution in [3.63, 3.8) is 0 Å². The molecule has 0 saturated carbocycles. The Labute approximate surface area is 97.5 Å². The Morgan fingerprint density at radius 2 is 2.18 bits per heavy atom. The molecule has 0 unspecified atom stereocenters. The molecule has 90 valence electrons. The number of amides is 1. The summed E-state index contributed by atoms with van der Waals surface area (Å²) in [5.41, 5.74) is -0.138. The van der Waals surface area contributed by atoms with Crippen LogP contribution in [0.15, 0.2) is 18.3 Å². The molecule has 6 nitrogen and oxygen atoms in total. The van der Waals surface area contributed by atoms with Gasteiger partial charge in [-0.05, 0) is 12.1 Å². The minimum absolute atomic E-state index is 0.0395. The van der Waals surface area contributed by atoms with Crippen LogP contribution in [0.25, 0.3) is 0 Å². The fraction of sp³-hybridized carbons (Fsp3) is 0.364. The van der Waals surface area contributed by atoms with E-state index in [0.29, 0.717) is 13.1 Å². The fourth-order valence-corrected chi connectivity index (χ4v) is 1.75. The molecule has 1 aliphatic heterocycles. The third-order valence-electron chi connectivity index (χ3n) is 2.74. The largest absolute Gasteiger partial charge is 0.478 e. The first-order valence-electron chi connectivity index (χ1n) is 5.22. The van der Waals surface area contributed by atoms with E-state index < -0.39 is 11.9 Å². The number of nitrogens with zero attached hydrogens (tertiary/aromatic N) is 2. The van der Waals surface area contributed by atoms with E-state index in [1.165, 1.54) is 23.2 Å². The summed E-state index contributed by atoms with van der Waals surface area (Å²) in [7, 11) is 0. The zero-order valence-corrected chi connectivity index (χ0v) is 9.04. The molecule has 0 aliphatic carbocycles. The molecule has 1 fully saturated rings.